The molecule has 0 aliphatic carbocycles. The predicted octanol–water partition coefficient (Wildman–Crippen LogP) is 2.20. The molecule has 24 heavy (non-hydrogen) atoms. The molecule has 1 fully saturated rings. The molecular weight excluding hydrogens is 326 g/mol. The lowest BCUT2D eigenvalue weighted by molar-refractivity contribution is -0.127. The Bertz CT molecular complexity index is 779. The molecule has 1 atom stereocenters. The zero-order valence-corrected chi connectivity index (χ0v) is 15.1. The van der Waals surface area contributed by atoms with E-state index in [-0.39, 0.29) is 18.0 Å². The van der Waals surface area contributed by atoms with E-state index in [0.717, 1.165) is 10.4 Å². The second-order valence-electron chi connectivity index (χ2n) is 6.35. The molecule has 0 unspecified atom stereocenters. The lowest BCUT2D eigenvalue weighted by Gasteiger charge is -2.12. The standard InChI is InChI=1S/C16H21N5O2S/c1-9(2)21-8-13(18-19-21)6-14-15(22)20(16(23)17-14)7-12-5-10(3)24-11(12)4/h5,8-9,14H,6-7H2,1-4H3,(H,17,23)/t14-/m0/s1. The molecule has 0 spiro atoms. The number of amides is 3. The van der Waals surface area contributed by atoms with Gasteiger partial charge in [0.2, 0.25) is 0 Å². The van der Waals surface area contributed by atoms with Crippen LogP contribution in [0, 0.1) is 13.8 Å². The topological polar surface area (TPSA) is 80.1 Å². The summed E-state index contributed by atoms with van der Waals surface area (Å²) in [5, 5.41) is 10.9. The number of carbonyl (C=O) groups is 2. The number of nitrogens with one attached hydrogen (secondary N) is 1. The van der Waals surface area contributed by atoms with Gasteiger partial charge in [-0.2, -0.15) is 0 Å². The minimum Gasteiger partial charge on any atom is -0.325 e. The molecule has 0 bridgehead atoms. The molecule has 0 saturated carbocycles. The first-order valence-electron chi connectivity index (χ1n) is 7.93. The van der Waals surface area contributed by atoms with Gasteiger partial charge in [-0.1, -0.05) is 5.21 Å². The molecule has 1 saturated heterocycles. The molecule has 2 aromatic heterocycles. The molecule has 1 aliphatic rings. The molecule has 1 N–H and O–H groups in total. The van der Waals surface area contributed by atoms with Gasteiger partial charge in [0.1, 0.15) is 6.04 Å². The van der Waals surface area contributed by atoms with Gasteiger partial charge in [-0.3, -0.25) is 9.69 Å². The summed E-state index contributed by atoms with van der Waals surface area (Å²) in [6.45, 7) is 8.36. The molecule has 0 radical (unpaired) electrons. The Kier molecular flexibility index (Phi) is 4.40. The van der Waals surface area contributed by atoms with Gasteiger partial charge in [-0.05, 0) is 39.3 Å². The van der Waals surface area contributed by atoms with E-state index in [9.17, 15) is 9.59 Å². The largest absolute Gasteiger partial charge is 0.325 e. The van der Waals surface area contributed by atoms with Crippen molar-refractivity contribution in [3.63, 3.8) is 0 Å². The summed E-state index contributed by atoms with van der Waals surface area (Å²) < 4.78 is 1.74. The maximum absolute atomic E-state index is 12.6. The Morgan fingerprint density at radius 2 is 2.08 bits per heavy atom. The second-order valence-corrected chi connectivity index (χ2v) is 7.81. The number of thiophene rings is 1. The first-order chi connectivity index (χ1) is 11.3. The summed E-state index contributed by atoms with van der Waals surface area (Å²) in [5.41, 5.74) is 1.72. The molecule has 3 rings (SSSR count). The Hall–Kier alpha value is -2.22. The summed E-state index contributed by atoms with van der Waals surface area (Å²) in [6, 6.07) is 1.32. The molecule has 7 nitrogen and oxygen atoms in total. The number of nitrogens with zero attached hydrogens (tertiary/aromatic N) is 4. The minimum atomic E-state index is -0.574. The van der Waals surface area contributed by atoms with Crippen LogP contribution in [-0.2, 0) is 17.8 Å². The number of imide groups is 1. The highest BCUT2D eigenvalue weighted by Crippen LogP contribution is 2.23. The van der Waals surface area contributed by atoms with Crippen LogP contribution in [0.5, 0.6) is 0 Å². The summed E-state index contributed by atoms with van der Waals surface area (Å²) in [5.74, 6) is -0.206. The molecule has 8 heteroatoms. The number of aryl methyl sites for hydroxylation is 2. The van der Waals surface area contributed by atoms with Crippen LogP contribution in [0.1, 0.15) is 40.9 Å². The van der Waals surface area contributed by atoms with Gasteiger partial charge < -0.3 is 5.32 Å². The van der Waals surface area contributed by atoms with Crippen molar-refractivity contribution in [3.05, 3.63) is 33.3 Å². The van der Waals surface area contributed by atoms with E-state index < -0.39 is 6.04 Å². The fraction of sp³-hybridized carbons (Fsp3) is 0.500. The first kappa shape index (κ1) is 16.6. The number of urea groups is 1. The van der Waals surface area contributed by atoms with Crippen molar-refractivity contribution in [2.75, 3.05) is 0 Å². The van der Waals surface area contributed by atoms with Crippen molar-refractivity contribution in [1.82, 2.24) is 25.2 Å². The number of rotatable bonds is 5. The summed E-state index contributed by atoms with van der Waals surface area (Å²) >= 11 is 1.67. The van der Waals surface area contributed by atoms with Crippen LogP contribution in [0.25, 0.3) is 0 Å². The maximum Gasteiger partial charge on any atom is 0.325 e. The molecule has 3 heterocycles. The molecule has 128 valence electrons. The van der Waals surface area contributed by atoms with Crippen molar-refractivity contribution in [2.45, 2.75) is 52.7 Å². The zero-order chi connectivity index (χ0) is 17.4. The highest BCUT2D eigenvalue weighted by Gasteiger charge is 2.38. The molecule has 0 aromatic carbocycles. The molecule has 3 amide bonds. The summed E-state index contributed by atoms with van der Waals surface area (Å²) in [4.78, 5) is 28.3. The second kappa shape index (κ2) is 6.35. The third-order valence-corrected chi connectivity index (χ3v) is 5.09. The van der Waals surface area contributed by atoms with Crippen LogP contribution in [-0.4, -0.2) is 37.9 Å². The third kappa shape index (κ3) is 3.19. The van der Waals surface area contributed by atoms with E-state index in [0.29, 0.717) is 18.7 Å². The van der Waals surface area contributed by atoms with Gasteiger partial charge in [0.15, 0.2) is 0 Å². The van der Waals surface area contributed by atoms with E-state index in [4.69, 9.17) is 0 Å². The van der Waals surface area contributed by atoms with Gasteiger partial charge in [-0.25, -0.2) is 9.48 Å². The van der Waals surface area contributed by atoms with Gasteiger partial charge in [0.05, 0.1) is 12.2 Å². The molecule has 1 aliphatic heterocycles. The number of carbonyl (C=O) groups excluding carboxylic acids is 2. The lowest BCUT2D eigenvalue weighted by Crippen LogP contribution is -2.32. The Labute approximate surface area is 144 Å². The summed E-state index contributed by atoms with van der Waals surface area (Å²) in [6.07, 6.45) is 2.18. The molecule has 2 aromatic rings. The van der Waals surface area contributed by atoms with E-state index in [2.05, 4.69) is 15.6 Å². The van der Waals surface area contributed by atoms with Crippen LogP contribution in [0.3, 0.4) is 0 Å². The SMILES string of the molecule is Cc1cc(CN2C(=O)N[C@@H](Cc3cn(C(C)C)nn3)C2=O)c(C)s1. The average molecular weight is 347 g/mol. The van der Waals surface area contributed by atoms with Gasteiger partial charge >= 0.3 is 6.03 Å². The van der Waals surface area contributed by atoms with Crippen molar-refractivity contribution < 1.29 is 9.59 Å². The highest BCUT2D eigenvalue weighted by atomic mass is 32.1. The fourth-order valence-electron chi connectivity index (χ4n) is 2.74. The number of aromatic nitrogens is 3. The number of hydrogen-bond acceptors (Lipinski definition) is 5. The maximum atomic E-state index is 12.6. The Morgan fingerprint density at radius 3 is 2.67 bits per heavy atom. The van der Waals surface area contributed by atoms with Crippen LogP contribution in [0.2, 0.25) is 0 Å². The van der Waals surface area contributed by atoms with Crippen LogP contribution < -0.4 is 5.32 Å². The van der Waals surface area contributed by atoms with Gasteiger partial charge in [0, 0.05) is 28.4 Å². The van der Waals surface area contributed by atoms with Crippen molar-refractivity contribution in [2.24, 2.45) is 0 Å². The third-order valence-electron chi connectivity index (χ3n) is 4.08. The lowest BCUT2D eigenvalue weighted by atomic mass is 10.1. The highest BCUT2D eigenvalue weighted by molar-refractivity contribution is 7.12. The van der Waals surface area contributed by atoms with Gasteiger partial charge in [0.25, 0.3) is 5.91 Å². The van der Waals surface area contributed by atoms with Crippen molar-refractivity contribution >= 4 is 23.3 Å². The predicted molar refractivity (Wildman–Crippen MR) is 90.8 cm³/mol. The van der Waals surface area contributed by atoms with E-state index in [1.807, 2.05) is 40.0 Å². The fourth-order valence-corrected chi connectivity index (χ4v) is 3.68. The number of hydrogen-bond donors (Lipinski definition) is 1. The van der Waals surface area contributed by atoms with Crippen LogP contribution >= 0.6 is 11.3 Å². The van der Waals surface area contributed by atoms with E-state index >= 15 is 0 Å². The van der Waals surface area contributed by atoms with Crippen molar-refractivity contribution in [1.29, 1.82) is 0 Å². The van der Waals surface area contributed by atoms with E-state index in [1.165, 1.54) is 9.78 Å². The Morgan fingerprint density at radius 1 is 1.33 bits per heavy atom. The summed E-state index contributed by atoms with van der Waals surface area (Å²) in [7, 11) is 0. The van der Waals surface area contributed by atoms with Crippen LogP contribution in [0.4, 0.5) is 4.79 Å². The smallest absolute Gasteiger partial charge is 0.325 e. The molecular formula is C16H21N5O2S. The Balaban J connectivity index is 1.70. The quantitative estimate of drug-likeness (QED) is 0.841. The van der Waals surface area contributed by atoms with Crippen LogP contribution in [0.15, 0.2) is 12.3 Å². The zero-order valence-electron chi connectivity index (χ0n) is 14.2. The first-order valence-corrected chi connectivity index (χ1v) is 8.75. The van der Waals surface area contributed by atoms with Crippen molar-refractivity contribution in [3.8, 4) is 0 Å². The minimum absolute atomic E-state index is 0.206. The monoisotopic (exact) mass is 347 g/mol. The average Bonchev–Trinajstić information content (AvgIpc) is 3.15. The van der Waals surface area contributed by atoms with E-state index in [1.54, 1.807) is 16.0 Å². The normalized spacial score (nSPS) is 17.9. The van der Waals surface area contributed by atoms with Gasteiger partial charge in [-0.15, -0.1) is 16.4 Å².